The molecule has 2 heterocycles. The Bertz CT molecular complexity index is 866. The van der Waals surface area contributed by atoms with E-state index in [4.69, 9.17) is 9.47 Å². The predicted octanol–water partition coefficient (Wildman–Crippen LogP) is 3.58. The summed E-state index contributed by atoms with van der Waals surface area (Å²) in [6, 6.07) is 12.4. The van der Waals surface area contributed by atoms with Crippen LogP contribution < -0.4 is 20.1 Å². The number of hydrogen-bond acceptors (Lipinski definition) is 6. The number of aromatic nitrogens is 2. The maximum atomic E-state index is 12.1. The maximum Gasteiger partial charge on any atom is 0.323 e. The van der Waals surface area contributed by atoms with Crippen LogP contribution in [0.3, 0.4) is 0 Å². The van der Waals surface area contributed by atoms with Crippen LogP contribution in [0, 0.1) is 0 Å². The average molecular weight is 340 g/mol. The van der Waals surface area contributed by atoms with Crippen molar-refractivity contribution in [2.75, 3.05) is 17.4 Å². The van der Waals surface area contributed by atoms with Crippen LogP contribution in [-0.2, 0) is 0 Å². The molecule has 4 rings (SSSR count). The normalized spacial score (nSPS) is 12.0. The molecule has 0 saturated carbocycles. The van der Waals surface area contributed by atoms with Crippen molar-refractivity contribution >= 4 is 28.9 Å². The molecule has 0 unspecified atom stereocenters. The van der Waals surface area contributed by atoms with Gasteiger partial charge in [-0.15, -0.1) is 5.10 Å². The second-order valence-corrected chi connectivity index (χ2v) is 5.79. The number of amides is 2. The zero-order chi connectivity index (χ0) is 16.4. The number of nitrogens with zero attached hydrogens (tertiary/aromatic N) is 2. The lowest BCUT2D eigenvalue weighted by molar-refractivity contribution is 0.174. The topological polar surface area (TPSA) is 85.4 Å². The van der Waals surface area contributed by atoms with Gasteiger partial charge in [0.15, 0.2) is 11.5 Å². The van der Waals surface area contributed by atoms with E-state index in [1.807, 2.05) is 24.3 Å². The van der Waals surface area contributed by atoms with Crippen LogP contribution in [-0.4, -0.2) is 22.4 Å². The van der Waals surface area contributed by atoms with Crippen LogP contribution >= 0.6 is 11.5 Å². The molecule has 8 heteroatoms. The summed E-state index contributed by atoms with van der Waals surface area (Å²) in [5.41, 5.74) is 2.32. The second-order valence-electron chi connectivity index (χ2n) is 5.01. The number of anilines is 2. The molecule has 2 aromatic carbocycles. The molecule has 7 nitrogen and oxygen atoms in total. The first-order valence-electron chi connectivity index (χ1n) is 7.13. The van der Waals surface area contributed by atoms with E-state index < -0.39 is 0 Å². The third kappa shape index (κ3) is 2.99. The zero-order valence-electron chi connectivity index (χ0n) is 12.4. The van der Waals surface area contributed by atoms with E-state index in [0.29, 0.717) is 22.9 Å². The quantitative estimate of drug-likeness (QED) is 0.761. The molecule has 3 aromatic rings. The highest BCUT2D eigenvalue weighted by atomic mass is 32.1. The van der Waals surface area contributed by atoms with E-state index in [9.17, 15) is 4.79 Å². The number of urea groups is 1. The molecule has 0 radical (unpaired) electrons. The van der Waals surface area contributed by atoms with Crippen molar-refractivity contribution in [1.82, 2.24) is 9.59 Å². The molecular weight excluding hydrogens is 328 g/mol. The van der Waals surface area contributed by atoms with E-state index >= 15 is 0 Å². The lowest BCUT2D eigenvalue weighted by Crippen LogP contribution is -2.19. The van der Waals surface area contributed by atoms with E-state index in [-0.39, 0.29) is 12.8 Å². The molecule has 120 valence electrons. The van der Waals surface area contributed by atoms with Gasteiger partial charge in [-0.25, -0.2) is 4.79 Å². The zero-order valence-corrected chi connectivity index (χ0v) is 13.2. The van der Waals surface area contributed by atoms with Crippen molar-refractivity contribution in [2.45, 2.75) is 0 Å². The van der Waals surface area contributed by atoms with Gasteiger partial charge >= 0.3 is 6.03 Å². The van der Waals surface area contributed by atoms with Crippen LogP contribution in [0.1, 0.15) is 0 Å². The van der Waals surface area contributed by atoms with Gasteiger partial charge in [-0.1, -0.05) is 16.6 Å². The maximum absolute atomic E-state index is 12.1. The Morgan fingerprint density at radius 3 is 2.54 bits per heavy atom. The smallest absolute Gasteiger partial charge is 0.323 e. The summed E-state index contributed by atoms with van der Waals surface area (Å²) in [7, 11) is 0. The molecule has 1 aliphatic heterocycles. The Morgan fingerprint density at radius 2 is 1.75 bits per heavy atom. The highest BCUT2D eigenvalue weighted by Gasteiger charge is 2.14. The summed E-state index contributed by atoms with van der Waals surface area (Å²) >= 11 is 1.32. The molecule has 0 spiro atoms. The monoisotopic (exact) mass is 340 g/mol. The van der Waals surface area contributed by atoms with Gasteiger partial charge in [0.1, 0.15) is 0 Å². The summed E-state index contributed by atoms with van der Waals surface area (Å²) in [6.45, 7) is 0.201. The Labute approximate surface area is 141 Å². The van der Waals surface area contributed by atoms with Gasteiger partial charge in [0.25, 0.3) is 0 Å². The van der Waals surface area contributed by atoms with Crippen LogP contribution in [0.2, 0.25) is 0 Å². The van der Waals surface area contributed by atoms with E-state index in [1.54, 1.807) is 24.4 Å². The fourth-order valence-electron chi connectivity index (χ4n) is 2.28. The standard InChI is InChI=1S/C16H12N4O3S/c21-16(19-12-5-6-13-14(7-12)23-9-22-13)18-11-3-1-10(2-4-11)15-8-17-20-24-15/h1-8H,9H2,(H2,18,19,21). The molecule has 2 amide bonds. The van der Waals surface area contributed by atoms with Gasteiger partial charge in [-0.05, 0) is 41.4 Å². The SMILES string of the molecule is O=C(Nc1ccc(-c2cnns2)cc1)Nc1ccc2c(c1)OCO2. The van der Waals surface area contributed by atoms with Crippen molar-refractivity contribution in [3.05, 3.63) is 48.7 Å². The van der Waals surface area contributed by atoms with Crippen LogP contribution in [0.15, 0.2) is 48.7 Å². The van der Waals surface area contributed by atoms with Gasteiger partial charge in [0.05, 0.1) is 11.1 Å². The molecule has 24 heavy (non-hydrogen) atoms. The van der Waals surface area contributed by atoms with Gasteiger partial charge in [0, 0.05) is 17.4 Å². The van der Waals surface area contributed by atoms with Crippen molar-refractivity contribution in [3.8, 4) is 21.9 Å². The summed E-state index contributed by atoms with van der Waals surface area (Å²) in [4.78, 5) is 13.1. The van der Waals surface area contributed by atoms with Crippen LogP contribution in [0.4, 0.5) is 16.2 Å². The number of nitrogens with one attached hydrogen (secondary N) is 2. The van der Waals surface area contributed by atoms with E-state index in [2.05, 4.69) is 20.2 Å². The number of fused-ring (bicyclic) bond motifs is 1. The summed E-state index contributed by atoms with van der Waals surface area (Å²) in [5, 5.41) is 9.35. The van der Waals surface area contributed by atoms with Crippen LogP contribution in [0.5, 0.6) is 11.5 Å². The summed E-state index contributed by atoms with van der Waals surface area (Å²) < 4.78 is 14.4. The molecule has 0 fully saturated rings. The fraction of sp³-hybridized carbons (Fsp3) is 0.0625. The Hall–Kier alpha value is -3.13. The Kier molecular flexibility index (Phi) is 3.72. The van der Waals surface area contributed by atoms with Crippen molar-refractivity contribution in [2.24, 2.45) is 0 Å². The van der Waals surface area contributed by atoms with Gasteiger partial charge in [-0.2, -0.15) is 0 Å². The second kappa shape index (κ2) is 6.17. The molecule has 0 aliphatic carbocycles. The first-order chi connectivity index (χ1) is 11.8. The number of benzene rings is 2. The highest BCUT2D eigenvalue weighted by Crippen LogP contribution is 2.34. The van der Waals surface area contributed by atoms with Gasteiger partial charge < -0.3 is 20.1 Å². The predicted molar refractivity (Wildman–Crippen MR) is 90.6 cm³/mol. The largest absolute Gasteiger partial charge is 0.454 e. The van der Waals surface area contributed by atoms with Crippen LogP contribution in [0.25, 0.3) is 10.4 Å². The third-order valence-electron chi connectivity index (χ3n) is 3.42. The van der Waals surface area contributed by atoms with E-state index in [1.165, 1.54) is 11.5 Å². The highest BCUT2D eigenvalue weighted by molar-refractivity contribution is 7.09. The number of rotatable bonds is 3. The summed E-state index contributed by atoms with van der Waals surface area (Å²) in [6.07, 6.45) is 1.71. The minimum Gasteiger partial charge on any atom is -0.454 e. The lowest BCUT2D eigenvalue weighted by atomic mass is 10.2. The number of ether oxygens (including phenoxy) is 2. The van der Waals surface area contributed by atoms with Crippen molar-refractivity contribution in [3.63, 3.8) is 0 Å². The minimum absolute atomic E-state index is 0.201. The van der Waals surface area contributed by atoms with Gasteiger partial charge in [-0.3, -0.25) is 0 Å². The number of carbonyl (C=O) groups excluding carboxylic acids is 1. The minimum atomic E-state index is -0.332. The Balaban J connectivity index is 1.41. The number of hydrogen-bond donors (Lipinski definition) is 2. The lowest BCUT2D eigenvalue weighted by Gasteiger charge is -2.08. The van der Waals surface area contributed by atoms with Crippen molar-refractivity contribution < 1.29 is 14.3 Å². The molecule has 0 atom stereocenters. The molecule has 2 N–H and O–H groups in total. The van der Waals surface area contributed by atoms with Gasteiger partial charge in [0.2, 0.25) is 6.79 Å². The number of carbonyl (C=O) groups is 1. The molecule has 1 aromatic heterocycles. The molecular formula is C16H12N4O3S. The van der Waals surface area contributed by atoms with Crippen molar-refractivity contribution in [1.29, 1.82) is 0 Å². The first-order valence-corrected chi connectivity index (χ1v) is 7.91. The molecule has 0 bridgehead atoms. The van der Waals surface area contributed by atoms with E-state index in [0.717, 1.165) is 10.4 Å². The third-order valence-corrected chi connectivity index (χ3v) is 4.13. The molecule has 1 aliphatic rings. The summed E-state index contributed by atoms with van der Waals surface area (Å²) in [5.74, 6) is 1.30. The Morgan fingerprint density at radius 1 is 1.00 bits per heavy atom. The molecule has 0 saturated heterocycles. The first kappa shape index (κ1) is 14.5. The average Bonchev–Trinajstić information content (AvgIpc) is 3.26. The fourth-order valence-corrected chi connectivity index (χ4v) is 2.80.